The summed E-state index contributed by atoms with van der Waals surface area (Å²) in [6.45, 7) is 4.47. The summed E-state index contributed by atoms with van der Waals surface area (Å²) in [5, 5.41) is 3.28. The summed E-state index contributed by atoms with van der Waals surface area (Å²) in [7, 11) is 0. The molecule has 31 heavy (non-hydrogen) atoms. The molecule has 2 amide bonds. The number of rotatable bonds is 5. The first-order chi connectivity index (χ1) is 15.0. The molecule has 2 saturated heterocycles. The molecule has 0 bridgehead atoms. The highest BCUT2D eigenvalue weighted by atomic mass is 35.5. The first kappa shape index (κ1) is 21.4. The van der Waals surface area contributed by atoms with Crippen LogP contribution in [0.1, 0.15) is 32.6 Å². The molecule has 2 aliphatic heterocycles. The molecule has 2 aromatic rings. The first-order valence-electron chi connectivity index (χ1n) is 10.7. The highest BCUT2D eigenvalue weighted by Crippen LogP contribution is 2.43. The van der Waals surface area contributed by atoms with Gasteiger partial charge in [0.2, 0.25) is 5.91 Å². The third-order valence-corrected chi connectivity index (χ3v) is 6.31. The zero-order valence-electron chi connectivity index (χ0n) is 17.6. The van der Waals surface area contributed by atoms with Crippen LogP contribution in [0.4, 0.5) is 22.0 Å². The van der Waals surface area contributed by atoms with Gasteiger partial charge in [0.15, 0.2) is 0 Å². The van der Waals surface area contributed by atoms with E-state index in [9.17, 15) is 9.59 Å². The lowest BCUT2D eigenvalue weighted by molar-refractivity contribution is -0.126. The van der Waals surface area contributed by atoms with Crippen LogP contribution >= 0.6 is 11.6 Å². The molecule has 7 nitrogen and oxygen atoms in total. The second kappa shape index (κ2) is 9.14. The highest BCUT2D eigenvalue weighted by molar-refractivity contribution is 6.34. The van der Waals surface area contributed by atoms with Crippen molar-refractivity contribution in [3.05, 3.63) is 47.6 Å². The van der Waals surface area contributed by atoms with Crippen molar-refractivity contribution in [2.75, 3.05) is 41.4 Å². The number of halogens is 1. The van der Waals surface area contributed by atoms with Crippen molar-refractivity contribution in [2.45, 2.75) is 32.6 Å². The number of amides is 2. The molecule has 1 aromatic heterocycles. The molecule has 2 aliphatic rings. The minimum Gasteiger partial charge on any atom is -0.449 e. The third kappa shape index (κ3) is 4.46. The zero-order valence-corrected chi connectivity index (χ0v) is 18.4. The van der Waals surface area contributed by atoms with Gasteiger partial charge in [-0.3, -0.25) is 10.1 Å². The Morgan fingerprint density at radius 2 is 2.06 bits per heavy atom. The summed E-state index contributed by atoms with van der Waals surface area (Å²) >= 11 is 6.35. The fourth-order valence-corrected chi connectivity index (χ4v) is 4.66. The van der Waals surface area contributed by atoms with Crippen molar-refractivity contribution in [2.24, 2.45) is 5.41 Å². The Balaban J connectivity index is 1.44. The SMILES string of the molecule is CCCOC(=O)Nc1ccc(N2CCC[C@]3(CCN(c4ccccc4Cl)C3=O)C2)nc1. The molecule has 1 N–H and O–H groups in total. The number of aromatic nitrogens is 1. The molecule has 8 heteroatoms. The normalized spacial score (nSPS) is 20.9. The maximum absolute atomic E-state index is 13.4. The number of hydrogen-bond donors (Lipinski definition) is 1. The molecule has 1 atom stereocenters. The van der Waals surface area contributed by atoms with Crippen molar-refractivity contribution in [1.29, 1.82) is 0 Å². The Morgan fingerprint density at radius 3 is 2.81 bits per heavy atom. The van der Waals surface area contributed by atoms with Gasteiger partial charge < -0.3 is 14.5 Å². The summed E-state index contributed by atoms with van der Waals surface area (Å²) in [6, 6.07) is 11.2. The summed E-state index contributed by atoms with van der Waals surface area (Å²) < 4.78 is 5.03. The van der Waals surface area contributed by atoms with Crippen LogP contribution in [0.5, 0.6) is 0 Å². The van der Waals surface area contributed by atoms with Gasteiger partial charge in [-0.05, 0) is 49.9 Å². The fourth-order valence-electron chi connectivity index (χ4n) is 4.42. The minimum absolute atomic E-state index is 0.141. The molecule has 0 aliphatic carbocycles. The predicted octanol–water partition coefficient (Wildman–Crippen LogP) is 4.72. The molecule has 3 heterocycles. The number of piperidine rings is 1. The molecular formula is C23H27ClN4O3. The van der Waals surface area contributed by atoms with Crippen molar-refractivity contribution in [3.8, 4) is 0 Å². The Morgan fingerprint density at radius 1 is 1.23 bits per heavy atom. The number of carbonyl (C=O) groups is 2. The van der Waals surface area contributed by atoms with Gasteiger partial charge in [-0.1, -0.05) is 30.7 Å². The molecule has 1 spiro atoms. The van der Waals surface area contributed by atoms with E-state index in [0.29, 0.717) is 30.4 Å². The van der Waals surface area contributed by atoms with Gasteiger partial charge in [-0.15, -0.1) is 0 Å². The van der Waals surface area contributed by atoms with Crippen molar-refractivity contribution < 1.29 is 14.3 Å². The second-order valence-corrected chi connectivity index (χ2v) is 8.54. The Labute approximate surface area is 187 Å². The molecule has 0 unspecified atom stereocenters. The number of ether oxygens (including phenoxy) is 1. The van der Waals surface area contributed by atoms with Crippen LogP contribution in [0.2, 0.25) is 5.02 Å². The van der Waals surface area contributed by atoms with Gasteiger partial charge in [-0.2, -0.15) is 0 Å². The van der Waals surface area contributed by atoms with Crippen molar-refractivity contribution >= 4 is 40.8 Å². The van der Waals surface area contributed by atoms with Gasteiger partial charge in [0.1, 0.15) is 5.82 Å². The average Bonchev–Trinajstić information content (AvgIpc) is 3.08. The number of para-hydroxylation sites is 1. The van der Waals surface area contributed by atoms with E-state index in [-0.39, 0.29) is 5.91 Å². The summed E-state index contributed by atoms with van der Waals surface area (Å²) in [6.07, 6.45) is 4.50. The van der Waals surface area contributed by atoms with Gasteiger partial charge in [0.05, 0.1) is 34.6 Å². The monoisotopic (exact) mass is 442 g/mol. The van der Waals surface area contributed by atoms with E-state index in [1.165, 1.54) is 0 Å². The molecule has 4 rings (SSSR count). The van der Waals surface area contributed by atoms with Crippen LogP contribution in [0.15, 0.2) is 42.6 Å². The maximum Gasteiger partial charge on any atom is 0.411 e. The van der Waals surface area contributed by atoms with E-state index in [1.54, 1.807) is 6.20 Å². The number of pyridine rings is 1. The lowest BCUT2D eigenvalue weighted by Gasteiger charge is -2.39. The van der Waals surface area contributed by atoms with Crippen LogP contribution in [0, 0.1) is 5.41 Å². The number of anilines is 3. The quantitative estimate of drug-likeness (QED) is 0.725. The molecule has 164 valence electrons. The van der Waals surface area contributed by atoms with Gasteiger partial charge >= 0.3 is 6.09 Å². The van der Waals surface area contributed by atoms with Crippen LogP contribution in [0.25, 0.3) is 0 Å². The van der Waals surface area contributed by atoms with E-state index >= 15 is 0 Å². The summed E-state index contributed by atoms with van der Waals surface area (Å²) in [5.74, 6) is 0.942. The molecule has 2 fully saturated rings. The summed E-state index contributed by atoms with van der Waals surface area (Å²) in [5.41, 5.74) is 0.949. The topological polar surface area (TPSA) is 74.8 Å². The largest absolute Gasteiger partial charge is 0.449 e. The number of nitrogens with zero attached hydrogens (tertiary/aromatic N) is 3. The molecule has 0 saturated carbocycles. The van der Waals surface area contributed by atoms with Crippen LogP contribution in [0.3, 0.4) is 0 Å². The lowest BCUT2D eigenvalue weighted by Crippen LogP contribution is -2.48. The number of hydrogen-bond acceptors (Lipinski definition) is 5. The molecule has 0 radical (unpaired) electrons. The third-order valence-electron chi connectivity index (χ3n) is 5.99. The number of carbonyl (C=O) groups excluding carboxylic acids is 2. The van der Waals surface area contributed by atoms with E-state index in [1.807, 2.05) is 48.2 Å². The van der Waals surface area contributed by atoms with E-state index < -0.39 is 11.5 Å². The van der Waals surface area contributed by atoms with Crippen LogP contribution < -0.4 is 15.1 Å². The minimum atomic E-state index is -0.482. The Bertz CT molecular complexity index is 952. The average molecular weight is 443 g/mol. The van der Waals surface area contributed by atoms with Crippen molar-refractivity contribution in [3.63, 3.8) is 0 Å². The smallest absolute Gasteiger partial charge is 0.411 e. The van der Waals surface area contributed by atoms with Gasteiger partial charge in [0.25, 0.3) is 0 Å². The first-order valence-corrected chi connectivity index (χ1v) is 11.1. The molecule has 1 aromatic carbocycles. The van der Waals surface area contributed by atoms with Crippen LogP contribution in [-0.4, -0.2) is 43.2 Å². The Hall–Kier alpha value is -2.80. The summed E-state index contributed by atoms with van der Waals surface area (Å²) in [4.78, 5) is 33.7. The zero-order chi connectivity index (χ0) is 21.8. The predicted molar refractivity (Wildman–Crippen MR) is 122 cm³/mol. The number of benzene rings is 1. The van der Waals surface area contributed by atoms with E-state index in [4.69, 9.17) is 16.3 Å². The van der Waals surface area contributed by atoms with Gasteiger partial charge in [0, 0.05) is 19.6 Å². The molecular weight excluding hydrogens is 416 g/mol. The van der Waals surface area contributed by atoms with E-state index in [0.717, 1.165) is 43.7 Å². The standard InChI is InChI=1S/C23H27ClN4O3/c1-2-14-31-22(30)26-17-8-9-20(25-15-17)27-12-5-10-23(16-27)11-13-28(21(23)29)19-7-4-3-6-18(19)24/h3-4,6-9,15H,2,5,10-14,16H2,1H3,(H,26,30)/t23-/m0/s1. The van der Waals surface area contributed by atoms with Gasteiger partial charge in [-0.25, -0.2) is 9.78 Å². The van der Waals surface area contributed by atoms with E-state index in [2.05, 4.69) is 15.2 Å². The number of nitrogens with one attached hydrogen (secondary N) is 1. The Kier molecular flexibility index (Phi) is 6.32. The van der Waals surface area contributed by atoms with Crippen molar-refractivity contribution in [1.82, 2.24) is 4.98 Å². The lowest BCUT2D eigenvalue weighted by atomic mass is 9.78. The maximum atomic E-state index is 13.4. The fraction of sp³-hybridized carbons (Fsp3) is 0.435. The van der Waals surface area contributed by atoms with Crippen LogP contribution in [-0.2, 0) is 9.53 Å². The second-order valence-electron chi connectivity index (χ2n) is 8.13. The highest BCUT2D eigenvalue weighted by Gasteiger charge is 2.49.